The van der Waals surface area contributed by atoms with E-state index in [1.165, 1.54) is 50.3 Å². The van der Waals surface area contributed by atoms with Crippen molar-refractivity contribution in [1.29, 1.82) is 0 Å². The van der Waals surface area contributed by atoms with Gasteiger partial charge in [0.15, 0.2) is 0 Å². The van der Waals surface area contributed by atoms with Crippen molar-refractivity contribution >= 4 is 5.69 Å². The number of nitrogens with zero attached hydrogens (tertiary/aromatic N) is 2. The molecule has 0 aromatic heterocycles. The molecule has 0 unspecified atom stereocenters. The van der Waals surface area contributed by atoms with Gasteiger partial charge in [-0.05, 0) is 50.3 Å². The molecule has 2 heterocycles. The molecule has 2 saturated heterocycles. The molecule has 2 fully saturated rings. The van der Waals surface area contributed by atoms with Gasteiger partial charge in [-0.1, -0.05) is 26.0 Å². The number of rotatable bonds is 3. The summed E-state index contributed by atoms with van der Waals surface area (Å²) in [6, 6.07) is 9.90. The molecule has 3 rings (SSSR count). The minimum atomic E-state index is 0.566. The Morgan fingerprint density at radius 1 is 1.05 bits per heavy atom. The van der Waals surface area contributed by atoms with E-state index in [4.69, 9.17) is 0 Å². The van der Waals surface area contributed by atoms with E-state index in [0.717, 1.165) is 0 Å². The average molecular weight is 286 g/mol. The Kier molecular flexibility index (Phi) is 4.00. The number of benzene rings is 1. The molecule has 0 amide bonds. The van der Waals surface area contributed by atoms with Crippen LogP contribution in [-0.4, -0.2) is 37.1 Å². The first-order valence-electron chi connectivity index (χ1n) is 8.58. The zero-order chi connectivity index (χ0) is 15.0. The van der Waals surface area contributed by atoms with Crippen LogP contribution in [0.25, 0.3) is 0 Å². The van der Waals surface area contributed by atoms with E-state index in [0.29, 0.717) is 17.4 Å². The Bertz CT molecular complexity index is 486. The molecular weight excluding hydrogens is 256 g/mol. The van der Waals surface area contributed by atoms with Crippen molar-refractivity contribution < 1.29 is 0 Å². The standard InChI is InChI=1S/C19H30N2/c1-15(2)17-7-5-8-18(11-17)20-10-6-9-19(12-20)13-21(14-19)16(3)4/h5,7-8,11,15-16H,6,9-10,12-14H2,1-4H3. The van der Waals surface area contributed by atoms with Crippen LogP contribution in [-0.2, 0) is 0 Å². The SMILES string of the molecule is CC(C)c1cccc(N2CCCC3(C2)CN(C(C)C)C3)c1. The number of hydrogen-bond donors (Lipinski definition) is 0. The minimum Gasteiger partial charge on any atom is -0.371 e. The van der Waals surface area contributed by atoms with Gasteiger partial charge in [-0.15, -0.1) is 0 Å². The van der Waals surface area contributed by atoms with Crippen molar-refractivity contribution in [3.05, 3.63) is 29.8 Å². The normalized spacial score (nSPS) is 22.1. The molecule has 21 heavy (non-hydrogen) atoms. The van der Waals surface area contributed by atoms with Gasteiger partial charge >= 0.3 is 0 Å². The second kappa shape index (κ2) is 5.64. The maximum atomic E-state index is 2.63. The van der Waals surface area contributed by atoms with Gasteiger partial charge in [0.2, 0.25) is 0 Å². The largest absolute Gasteiger partial charge is 0.371 e. The maximum Gasteiger partial charge on any atom is 0.0369 e. The topological polar surface area (TPSA) is 6.48 Å². The van der Waals surface area contributed by atoms with Crippen molar-refractivity contribution in [3.8, 4) is 0 Å². The van der Waals surface area contributed by atoms with E-state index >= 15 is 0 Å². The molecule has 1 aromatic rings. The Labute approximate surface area is 130 Å². The zero-order valence-corrected chi connectivity index (χ0v) is 14.1. The van der Waals surface area contributed by atoms with Gasteiger partial charge in [0.1, 0.15) is 0 Å². The van der Waals surface area contributed by atoms with Crippen LogP contribution >= 0.6 is 0 Å². The van der Waals surface area contributed by atoms with Gasteiger partial charge in [0.05, 0.1) is 0 Å². The lowest BCUT2D eigenvalue weighted by atomic mass is 9.72. The lowest BCUT2D eigenvalue weighted by molar-refractivity contribution is -0.0305. The lowest BCUT2D eigenvalue weighted by Gasteiger charge is -2.56. The van der Waals surface area contributed by atoms with Gasteiger partial charge in [0, 0.05) is 43.3 Å². The molecule has 2 aliphatic heterocycles. The predicted molar refractivity (Wildman–Crippen MR) is 91.1 cm³/mol. The monoisotopic (exact) mass is 286 g/mol. The highest BCUT2D eigenvalue weighted by Gasteiger charge is 2.46. The average Bonchev–Trinajstić information content (AvgIpc) is 2.44. The molecule has 0 radical (unpaired) electrons. The van der Waals surface area contributed by atoms with Crippen molar-refractivity contribution in [2.45, 2.75) is 52.5 Å². The molecule has 0 atom stereocenters. The third kappa shape index (κ3) is 2.96. The summed E-state index contributed by atoms with van der Waals surface area (Å²) in [7, 11) is 0. The van der Waals surface area contributed by atoms with Gasteiger partial charge in [-0.25, -0.2) is 0 Å². The fourth-order valence-electron chi connectivity index (χ4n) is 3.95. The highest BCUT2D eigenvalue weighted by molar-refractivity contribution is 5.50. The van der Waals surface area contributed by atoms with E-state index in [1.807, 2.05) is 0 Å². The Morgan fingerprint density at radius 3 is 2.48 bits per heavy atom. The van der Waals surface area contributed by atoms with Gasteiger partial charge in [-0.2, -0.15) is 0 Å². The molecule has 1 spiro atoms. The van der Waals surface area contributed by atoms with Crippen LogP contribution in [0.3, 0.4) is 0 Å². The third-order valence-electron chi connectivity index (χ3n) is 5.37. The third-order valence-corrected chi connectivity index (χ3v) is 5.37. The van der Waals surface area contributed by atoms with Crippen LogP contribution < -0.4 is 4.90 Å². The van der Waals surface area contributed by atoms with Gasteiger partial charge in [-0.3, -0.25) is 4.90 Å². The first kappa shape index (κ1) is 14.9. The smallest absolute Gasteiger partial charge is 0.0369 e. The van der Waals surface area contributed by atoms with E-state index in [9.17, 15) is 0 Å². The van der Waals surface area contributed by atoms with Crippen LogP contribution in [0, 0.1) is 5.41 Å². The van der Waals surface area contributed by atoms with E-state index in [-0.39, 0.29) is 0 Å². The summed E-state index contributed by atoms with van der Waals surface area (Å²) in [6.07, 6.45) is 2.76. The first-order chi connectivity index (χ1) is 9.99. The van der Waals surface area contributed by atoms with Crippen LogP contribution in [0.15, 0.2) is 24.3 Å². The summed E-state index contributed by atoms with van der Waals surface area (Å²) in [5.41, 5.74) is 3.46. The molecule has 0 aliphatic carbocycles. The molecule has 0 bridgehead atoms. The highest BCUT2D eigenvalue weighted by atomic mass is 15.3. The summed E-state index contributed by atoms with van der Waals surface area (Å²) in [5, 5.41) is 0. The molecule has 0 saturated carbocycles. The second-order valence-electron chi connectivity index (χ2n) is 7.77. The fraction of sp³-hybridized carbons (Fsp3) is 0.684. The predicted octanol–water partition coefficient (Wildman–Crippen LogP) is 4.12. The molecule has 2 aliphatic rings. The van der Waals surface area contributed by atoms with Crippen LogP contribution in [0.5, 0.6) is 0 Å². The summed E-state index contributed by atoms with van der Waals surface area (Å²) >= 11 is 0. The van der Waals surface area contributed by atoms with Gasteiger partial charge < -0.3 is 4.90 Å². The number of piperidine rings is 1. The first-order valence-corrected chi connectivity index (χ1v) is 8.58. The summed E-state index contributed by atoms with van der Waals surface area (Å²) in [4.78, 5) is 5.25. The van der Waals surface area contributed by atoms with Crippen LogP contribution in [0.4, 0.5) is 5.69 Å². The molecular formula is C19H30N2. The number of hydrogen-bond acceptors (Lipinski definition) is 2. The molecule has 1 aromatic carbocycles. The lowest BCUT2D eigenvalue weighted by Crippen LogP contribution is -2.64. The Morgan fingerprint density at radius 2 is 1.81 bits per heavy atom. The van der Waals surface area contributed by atoms with E-state index in [1.54, 1.807) is 0 Å². The number of anilines is 1. The van der Waals surface area contributed by atoms with E-state index in [2.05, 4.69) is 61.8 Å². The molecule has 2 nitrogen and oxygen atoms in total. The summed E-state index contributed by atoms with van der Waals surface area (Å²) in [6.45, 7) is 14.3. The molecule has 0 N–H and O–H groups in total. The highest BCUT2D eigenvalue weighted by Crippen LogP contribution is 2.41. The molecule has 2 heteroatoms. The Hall–Kier alpha value is -1.02. The Balaban J connectivity index is 1.71. The molecule has 116 valence electrons. The van der Waals surface area contributed by atoms with Crippen molar-refractivity contribution in [2.24, 2.45) is 5.41 Å². The fourth-order valence-corrected chi connectivity index (χ4v) is 3.95. The van der Waals surface area contributed by atoms with Crippen LogP contribution in [0.1, 0.15) is 52.0 Å². The van der Waals surface area contributed by atoms with Crippen molar-refractivity contribution in [1.82, 2.24) is 4.90 Å². The number of likely N-dealkylation sites (tertiary alicyclic amines) is 1. The summed E-state index contributed by atoms with van der Waals surface area (Å²) in [5.74, 6) is 0.615. The summed E-state index contributed by atoms with van der Waals surface area (Å²) < 4.78 is 0. The quantitative estimate of drug-likeness (QED) is 0.824. The van der Waals surface area contributed by atoms with Crippen molar-refractivity contribution in [2.75, 3.05) is 31.1 Å². The zero-order valence-electron chi connectivity index (χ0n) is 14.1. The van der Waals surface area contributed by atoms with Gasteiger partial charge in [0.25, 0.3) is 0 Å². The second-order valence-corrected chi connectivity index (χ2v) is 7.77. The maximum absolute atomic E-state index is 2.63. The minimum absolute atomic E-state index is 0.566. The van der Waals surface area contributed by atoms with Crippen molar-refractivity contribution in [3.63, 3.8) is 0 Å². The van der Waals surface area contributed by atoms with Crippen LogP contribution in [0.2, 0.25) is 0 Å². The van der Waals surface area contributed by atoms with E-state index < -0.39 is 0 Å².